The third-order valence-electron chi connectivity index (χ3n) is 5.37. The molecule has 4 N–H and O–H groups in total. The second kappa shape index (κ2) is 9.94. The zero-order chi connectivity index (χ0) is 23.5. The maximum Gasteiger partial charge on any atom is 0.286 e. The first-order chi connectivity index (χ1) is 16.6. The molecule has 0 unspecified atom stereocenters. The first kappa shape index (κ1) is 22.5. The molecule has 0 aliphatic carbocycles. The Morgan fingerprint density at radius 1 is 1.12 bits per heavy atom. The van der Waals surface area contributed by atoms with Gasteiger partial charge >= 0.3 is 0 Å². The van der Waals surface area contributed by atoms with E-state index < -0.39 is 5.91 Å². The molecular formula is C23H21BrN6O3S. The Bertz CT molecular complexity index is 1340. The van der Waals surface area contributed by atoms with Crippen LogP contribution in [0.15, 0.2) is 59.2 Å². The number of hydroxylamine groups is 1. The van der Waals surface area contributed by atoms with Crippen molar-refractivity contribution < 1.29 is 14.7 Å². The first-order valence-corrected chi connectivity index (χ1v) is 12.2. The molecule has 0 radical (unpaired) electrons. The number of carbonyl (C=O) groups excluding carboxylic acids is 1. The molecule has 1 aliphatic rings. The van der Waals surface area contributed by atoms with E-state index in [0.29, 0.717) is 26.8 Å². The number of benzene rings is 2. The van der Waals surface area contributed by atoms with Crippen molar-refractivity contribution in [2.75, 3.05) is 41.8 Å². The fourth-order valence-corrected chi connectivity index (χ4v) is 5.08. The Morgan fingerprint density at radius 3 is 2.76 bits per heavy atom. The van der Waals surface area contributed by atoms with Gasteiger partial charge in [0.2, 0.25) is 5.95 Å². The van der Waals surface area contributed by atoms with Crippen LogP contribution in [0, 0.1) is 0 Å². The van der Waals surface area contributed by atoms with Gasteiger partial charge in [-0.1, -0.05) is 24.3 Å². The van der Waals surface area contributed by atoms with E-state index in [1.54, 1.807) is 11.7 Å². The van der Waals surface area contributed by atoms with Crippen molar-refractivity contribution in [2.24, 2.45) is 0 Å². The normalized spacial score (nSPS) is 13.6. The average molecular weight is 541 g/mol. The van der Waals surface area contributed by atoms with Crippen LogP contribution in [0.25, 0.3) is 10.1 Å². The molecule has 2 aromatic heterocycles. The van der Waals surface area contributed by atoms with E-state index in [-0.39, 0.29) is 0 Å². The van der Waals surface area contributed by atoms with Crippen molar-refractivity contribution in [3.8, 4) is 0 Å². The quantitative estimate of drug-likeness (QED) is 0.202. The number of nitrogens with one attached hydrogen (secondary N) is 3. The van der Waals surface area contributed by atoms with Crippen LogP contribution in [0.1, 0.15) is 9.67 Å². The van der Waals surface area contributed by atoms with Crippen LogP contribution in [0.4, 0.5) is 28.8 Å². The molecule has 2 aromatic carbocycles. The standard InChI is InChI=1S/C23H21BrN6O3S/c24-17-13-25-23(26-14-4-3-5-15(12-14)30-8-10-33-11-9-30)28-21(17)27-19-16-6-1-2-7-18(16)34-20(19)22(31)29-32/h1-7,12-13,32H,8-11H2,(H,29,31)(H2,25,26,27,28). The highest BCUT2D eigenvalue weighted by Gasteiger charge is 2.20. The number of hydrogen-bond acceptors (Lipinski definition) is 9. The first-order valence-electron chi connectivity index (χ1n) is 10.6. The predicted molar refractivity (Wildman–Crippen MR) is 137 cm³/mol. The highest BCUT2D eigenvalue weighted by molar-refractivity contribution is 9.10. The number of fused-ring (bicyclic) bond motifs is 1. The fraction of sp³-hybridized carbons (Fsp3) is 0.174. The van der Waals surface area contributed by atoms with Crippen LogP contribution in [0.2, 0.25) is 0 Å². The third-order valence-corrected chi connectivity index (χ3v) is 7.12. The molecule has 3 heterocycles. The van der Waals surface area contributed by atoms with Crippen LogP contribution in [-0.2, 0) is 4.74 Å². The molecule has 11 heteroatoms. The maximum atomic E-state index is 12.3. The van der Waals surface area contributed by atoms with E-state index in [9.17, 15) is 10.0 Å². The number of thiophene rings is 1. The lowest BCUT2D eigenvalue weighted by molar-refractivity contribution is 0.0712. The van der Waals surface area contributed by atoms with E-state index >= 15 is 0 Å². The maximum absolute atomic E-state index is 12.3. The highest BCUT2D eigenvalue weighted by Crippen LogP contribution is 2.38. The van der Waals surface area contributed by atoms with Crippen molar-refractivity contribution in [1.29, 1.82) is 0 Å². The molecule has 9 nitrogen and oxygen atoms in total. The van der Waals surface area contributed by atoms with Crippen molar-refractivity contribution >= 4 is 72.1 Å². The summed E-state index contributed by atoms with van der Waals surface area (Å²) in [7, 11) is 0. The number of morpholine rings is 1. The van der Waals surface area contributed by atoms with Gasteiger partial charge in [0.25, 0.3) is 5.91 Å². The number of amides is 1. The molecule has 1 aliphatic heterocycles. The minimum atomic E-state index is -0.591. The summed E-state index contributed by atoms with van der Waals surface area (Å²) in [5, 5.41) is 16.6. The summed E-state index contributed by atoms with van der Waals surface area (Å²) in [6.45, 7) is 3.14. The second-order valence-electron chi connectivity index (χ2n) is 7.53. The van der Waals surface area contributed by atoms with E-state index in [0.717, 1.165) is 47.8 Å². The minimum absolute atomic E-state index is 0.349. The SMILES string of the molecule is O=C(NO)c1sc2ccccc2c1Nc1nc(Nc2cccc(N3CCOCC3)c2)ncc1Br. The molecule has 174 valence electrons. The number of ether oxygens (including phenoxy) is 1. The number of nitrogens with zero attached hydrogens (tertiary/aromatic N) is 3. The van der Waals surface area contributed by atoms with Crippen molar-refractivity contribution in [3.05, 3.63) is 64.1 Å². The summed E-state index contributed by atoms with van der Waals surface area (Å²) >= 11 is 4.77. The third kappa shape index (κ3) is 4.68. The molecule has 4 aromatic rings. The second-order valence-corrected chi connectivity index (χ2v) is 9.44. The monoisotopic (exact) mass is 540 g/mol. The van der Waals surface area contributed by atoms with Crippen LogP contribution in [0.3, 0.4) is 0 Å². The lowest BCUT2D eigenvalue weighted by Crippen LogP contribution is -2.36. The Kier molecular flexibility index (Phi) is 6.59. The van der Waals surface area contributed by atoms with E-state index in [4.69, 9.17) is 4.74 Å². The molecule has 0 atom stereocenters. The summed E-state index contributed by atoms with van der Waals surface area (Å²) in [5.74, 6) is 0.294. The summed E-state index contributed by atoms with van der Waals surface area (Å²) in [6.07, 6.45) is 1.64. The number of hydrogen-bond donors (Lipinski definition) is 4. The molecule has 34 heavy (non-hydrogen) atoms. The Balaban J connectivity index is 1.43. The molecule has 1 amide bonds. The van der Waals surface area contributed by atoms with Crippen molar-refractivity contribution in [1.82, 2.24) is 15.4 Å². The van der Waals surface area contributed by atoms with E-state index in [1.807, 2.05) is 36.4 Å². The highest BCUT2D eigenvalue weighted by atomic mass is 79.9. The van der Waals surface area contributed by atoms with Gasteiger partial charge in [0.1, 0.15) is 10.7 Å². The Hall–Kier alpha value is -3.25. The lowest BCUT2D eigenvalue weighted by Gasteiger charge is -2.29. The minimum Gasteiger partial charge on any atom is -0.378 e. The summed E-state index contributed by atoms with van der Waals surface area (Å²) in [4.78, 5) is 23.9. The van der Waals surface area contributed by atoms with Gasteiger partial charge in [0.05, 0.1) is 23.4 Å². The molecule has 0 bridgehead atoms. The number of rotatable bonds is 6. The van der Waals surface area contributed by atoms with Gasteiger partial charge < -0.3 is 20.3 Å². The summed E-state index contributed by atoms with van der Waals surface area (Å²) < 4.78 is 6.98. The molecule has 0 saturated carbocycles. The smallest absolute Gasteiger partial charge is 0.286 e. The van der Waals surface area contributed by atoms with Gasteiger partial charge in [-0.25, -0.2) is 10.5 Å². The van der Waals surface area contributed by atoms with Crippen LogP contribution >= 0.6 is 27.3 Å². The number of anilines is 5. The van der Waals surface area contributed by atoms with Crippen molar-refractivity contribution in [3.63, 3.8) is 0 Å². The largest absolute Gasteiger partial charge is 0.378 e. The van der Waals surface area contributed by atoms with Crippen LogP contribution in [-0.4, -0.2) is 47.4 Å². The zero-order valence-corrected chi connectivity index (χ0v) is 20.3. The average Bonchev–Trinajstić information content (AvgIpc) is 3.24. The van der Waals surface area contributed by atoms with Gasteiger partial charge in [-0.2, -0.15) is 4.98 Å². The van der Waals surface area contributed by atoms with Crippen molar-refractivity contribution in [2.45, 2.75) is 0 Å². The van der Waals surface area contributed by atoms with Gasteiger partial charge in [-0.15, -0.1) is 11.3 Å². The van der Waals surface area contributed by atoms with Gasteiger partial charge in [0, 0.05) is 40.7 Å². The zero-order valence-electron chi connectivity index (χ0n) is 17.9. The number of aromatic nitrogens is 2. The summed E-state index contributed by atoms with van der Waals surface area (Å²) in [5.41, 5.74) is 4.25. The number of carbonyl (C=O) groups is 1. The summed E-state index contributed by atoms with van der Waals surface area (Å²) in [6, 6.07) is 15.7. The van der Waals surface area contributed by atoms with Crippen LogP contribution in [0.5, 0.6) is 0 Å². The molecule has 0 spiro atoms. The molecule has 5 rings (SSSR count). The van der Waals surface area contributed by atoms with E-state index in [2.05, 4.69) is 53.6 Å². The van der Waals surface area contributed by atoms with Gasteiger partial charge in [0.15, 0.2) is 0 Å². The number of halogens is 1. The Labute approximate surface area is 207 Å². The Morgan fingerprint density at radius 2 is 1.94 bits per heavy atom. The molecule has 1 fully saturated rings. The predicted octanol–water partition coefficient (Wildman–Crippen LogP) is 4.90. The molecular weight excluding hydrogens is 520 g/mol. The van der Waals surface area contributed by atoms with Crippen LogP contribution < -0.4 is 21.0 Å². The lowest BCUT2D eigenvalue weighted by atomic mass is 10.2. The topological polar surface area (TPSA) is 112 Å². The van der Waals surface area contributed by atoms with E-state index in [1.165, 1.54) is 11.3 Å². The fourth-order valence-electron chi connectivity index (χ4n) is 3.74. The molecule has 1 saturated heterocycles. The van der Waals surface area contributed by atoms with Gasteiger partial charge in [-0.3, -0.25) is 10.0 Å². The van der Waals surface area contributed by atoms with Gasteiger partial charge in [-0.05, 0) is 40.2 Å².